The molecule has 2 amide bonds. The maximum atomic E-state index is 13.7. The van der Waals surface area contributed by atoms with E-state index in [2.05, 4.69) is 0 Å². The zero-order valence-corrected chi connectivity index (χ0v) is 22.0. The van der Waals surface area contributed by atoms with Gasteiger partial charge in [0.05, 0.1) is 0 Å². The Labute approximate surface area is 193 Å². The molecule has 0 saturated carbocycles. The average molecular weight is 458 g/mol. The molecule has 0 N–H and O–H groups in total. The van der Waals surface area contributed by atoms with Crippen LogP contribution in [0.3, 0.4) is 0 Å². The van der Waals surface area contributed by atoms with Crippen molar-refractivity contribution in [3.05, 3.63) is 0 Å². The fourth-order valence-corrected chi connectivity index (χ4v) is 3.13. The molecule has 0 aliphatic rings. The minimum Gasteiger partial charge on any atom is -0.458 e. The van der Waals surface area contributed by atoms with E-state index in [9.17, 15) is 19.2 Å². The van der Waals surface area contributed by atoms with E-state index in [1.54, 1.807) is 83.1 Å². The Balaban J connectivity index is 7.00. The van der Waals surface area contributed by atoms with Crippen molar-refractivity contribution in [2.45, 2.75) is 125 Å². The van der Waals surface area contributed by atoms with Crippen LogP contribution < -0.4 is 0 Å². The van der Waals surface area contributed by atoms with Crippen molar-refractivity contribution in [2.75, 3.05) is 0 Å². The Morgan fingerprint density at radius 1 is 0.688 bits per heavy atom. The molecule has 0 saturated heterocycles. The third kappa shape index (κ3) is 8.79. The summed E-state index contributed by atoms with van der Waals surface area (Å²) in [4.78, 5) is 52.3. The topological polar surface area (TPSA) is 99.2 Å². The first kappa shape index (κ1) is 29.9. The van der Waals surface area contributed by atoms with Crippen molar-refractivity contribution >= 4 is 24.4 Å². The molecule has 8 heteroatoms. The summed E-state index contributed by atoms with van der Waals surface area (Å²) < 4.78 is 16.8. The summed E-state index contributed by atoms with van der Waals surface area (Å²) in [6.45, 7) is 20.3. The second kappa shape index (κ2) is 10.2. The SMILES string of the molecule is CC(C)(C)OC(=O)N(C(=O)OC(C)(C)C)C(CCCC=O)(C(=O)OC(C)(C)C)C(C)(C)C. The maximum Gasteiger partial charge on any atom is 0.420 e. The van der Waals surface area contributed by atoms with Gasteiger partial charge in [0, 0.05) is 6.42 Å². The number of amides is 2. The average Bonchev–Trinajstić information content (AvgIpc) is 2.47. The second-order valence-electron chi connectivity index (χ2n) is 12.0. The van der Waals surface area contributed by atoms with Crippen molar-refractivity contribution in [1.29, 1.82) is 0 Å². The van der Waals surface area contributed by atoms with E-state index < -0.39 is 45.9 Å². The third-order valence-electron chi connectivity index (χ3n) is 4.37. The van der Waals surface area contributed by atoms with Crippen LogP contribution >= 0.6 is 0 Å². The zero-order chi connectivity index (χ0) is 25.8. The number of hydrogen-bond acceptors (Lipinski definition) is 7. The maximum absolute atomic E-state index is 13.7. The predicted molar refractivity (Wildman–Crippen MR) is 122 cm³/mol. The van der Waals surface area contributed by atoms with Crippen LogP contribution in [-0.4, -0.2) is 51.7 Å². The number of hydrogen-bond donors (Lipinski definition) is 0. The Morgan fingerprint density at radius 3 is 1.34 bits per heavy atom. The van der Waals surface area contributed by atoms with Crippen molar-refractivity contribution < 1.29 is 33.4 Å². The van der Waals surface area contributed by atoms with Gasteiger partial charge in [-0.2, -0.15) is 4.90 Å². The molecule has 0 fully saturated rings. The molecule has 32 heavy (non-hydrogen) atoms. The number of imide groups is 1. The van der Waals surface area contributed by atoms with E-state index in [0.29, 0.717) is 0 Å². The van der Waals surface area contributed by atoms with E-state index >= 15 is 0 Å². The Bertz CT molecular complexity index is 659. The first-order valence-electron chi connectivity index (χ1n) is 11.0. The summed E-state index contributed by atoms with van der Waals surface area (Å²) in [6.07, 6.45) is -0.896. The van der Waals surface area contributed by atoms with Crippen LogP contribution in [-0.2, 0) is 23.8 Å². The molecule has 0 spiro atoms. The van der Waals surface area contributed by atoms with Crippen LogP contribution in [0, 0.1) is 5.41 Å². The fraction of sp³-hybridized carbons (Fsp3) is 0.833. The summed E-state index contributed by atoms with van der Waals surface area (Å²) >= 11 is 0. The number of aldehydes is 1. The quantitative estimate of drug-likeness (QED) is 0.220. The molecule has 0 radical (unpaired) electrons. The molecule has 0 aromatic heterocycles. The van der Waals surface area contributed by atoms with Gasteiger partial charge in [-0.05, 0) is 80.6 Å². The molecule has 0 rings (SSSR count). The lowest BCUT2D eigenvalue weighted by Crippen LogP contribution is -2.68. The summed E-state index contributed by atoms with van der Waals surface area (Å²) in [5, 5.41) is 0. The highest BCUT2D eigenvalue weighted by atomic mass is 16.6. The van der Waals surface area contributed by atoms with E-state index in [0.717, 1.165) is 11.2 Å². The Morgan fingerprint density at radius 2 is 1.06 bits per heavy atom. The molecule has 0 aliphatic carbocycles. The van der Waals surface area contributed by atoms with Crippen LogP contribution in [0.2, 0.25) is 0 Å². The fourth-order valence-electron chi connectivity index (χ4n) is 3.13. The number of nitrogens with zero attached hydrogens (tertiary/aromatic N) is 1. The zero-order valence-electron chi connectivity index (χ0n) is 22.0. The summed E-state index contributed by atoms with van der Waals surface area (Å²) in [7, 11) is 0. The lowest BCUT2D eigenvalue weighted by atomic mass is 9.69. The van der Waals surface area contributed by atoms with Gasteiger partial charge in [0.2, 0.25) is 0 Å². The number of carbonyl (C=O) groups is 4. The van der Waals surface area contributed by atoms with Gasteiger partial charge in [0.1, 0.15) is 23.1 Å². The van der Waals surface area contributed by atoms with Gasteiger partial charge in [0.15, 0.2) is 5.54 Å². The molecule has 1 unspecified atom stereocenters. The largest absolute Gasteiger partial charge is 0.458 e. The van der Waals surface area contributed by atoms with E-state index in [1.165, 1.54) is 0 Å². The predicted octanol–water partition coefficient (Wildman–Crippen LogP) is 5.65. The molecule has 0 aliphatic heterocycles. The van der Waals surface area contributed by atoms with Crippen LogP contribution in [0.25, 0.3) is 0 Å². The first-order valence-corrected chi connectivity index (χ1v) is 11.0. The number of rotatable bonds is 6. The summed E-state index contributed by atoms with van der Waals surface area (Å²) in [5.74, 6) is -0.764. The monoisotopic (exact) mass is 457 g/mol. The van der Waals surface area contributed by atoms with E-state index in [-0.39, 0.29) is 19.3 Å². The number of ether oxygens (including phenoxy) is 3. The first-order chi connectivity index (χ1) is 14.1. The van der Waals surface area contributed by atoms with Crippen LogP contribution in [0.1, 0.15) is 102 Å². The van der Waals surface area contributed by atoms with Crippen LogP contribution in [0.15, 0.2) is 0 Å². The minimum atomic E-state index is -1.78. The number of unbranched alkanes of at least 4 members (excludes halogenated alkanes) is 1. The Hall–Kier alpha value is -2.12. The van der Waals surface area contributed by atoms with Gasteiger partial charge in [-0.25, -0.2) is 14.4 Å². The molecule has 0 aromatic rings. The van der Waals surface area contributed by atoms with Crippen molar-refractivity contribution in [3.8, 4) is 0 Å². The van der Waals surface area contributed by atoms with Gasteiger partial charge in [-0.3, -0.25) is 0 Å². The highest BCUT2D eigenvalue weighted by Crippen LogP contribution is 2.43. The standard InChI is InChI=1S/C24H43NO7/c1-20(2,3)24(15-13-14-16-26,17(27)30-21(4,5)6)25(18(28)31-22(7,8)9)19(29)32-23(10,11)12/h16H,13-15H2,1-12H3. The van der Waals surface area contributed by atoms with Gasteiger partial charge >= 0.3 is 18.2 Å². The van der Waals surface area contributed by atoms with Crippen molar-refractivity contribution in [1.82, 2.24) is 4.90 Å². The van der Waals surface area contributed by atoms with Crippen LogP contribution in [0.4, 0.5) is 9.59 Å². The smallest absolute Gasteiger partial charge is 0.420 e. The van der Waals surface area contributed by atoms with E-state index in [1.807, 2.05) is 0 Å². The molecule has 0 bridgehead atoms. The van der Waals surface area contributed by atoms with Gasteiger partial charge in [-0.1, -0.05) is 20.8 Å². The molecule has 186 valence electrons. The highest BCUT2D eigenvalue weighted by Gasteiger charge is 2.60. The molecular weight excluding hydrogens is 414 g/mol. The van der Waals surface area contributed by atoms with Gasteiger partial charge < -0.3 is 19.0 Å². The molecular formula is C24H43NO7. The number of carbonyl (C=O) groups excluding carboxylic acids is 4. The van der Waals surface area contributed by atoms with Crippen molar-refractivity contribution in [2.24, 2.45) is 5.41 Å². The summed E-state index contributed by atoms with van der Waals surface area (Å²) in [6, 6.07) is 0. The lowest BCUT2D eigenvalue weighted by Gasteiger charge is -2.49. The molecule has 1 atom stereocenters. The normalized spacial score (nSPS) is 14.8. The molecule has 8 nitrogen and oxygen atoms in total. The van der Waals surface area contributed by atoms with Crippen LogP contribution in [0.5, 0.6) is 0 Å². The van der Waals surface area contributed by atoms with Gasteiger partial charge in [0.25, 0.3) is 0 Å². The number of esters is 1. The highest BCUT2D eigenvalue weighted by molar-refractivity contribution is 5.97. The Kier molecular flexibility index (Phi) is 9.54. The third-order valence-corrected chi connectivity index (χ3v) is 4.37. The second-order valence-corrected chi connectivity index (χ2v) is 12.0. The molecule has 0 heterocycles. The van der Waals surface area contributed by atoms with E-state index in [4.69, 9.17) is 14.2 Å². The molecule has 0 aromatic carbocycles. The van der Waals surface area contributed by atoms with Gasteiger partial charge in [-0.15, -0.1) is 0 Å². The lowest BCUT2D eigenvalue weighted by molar-refractivity contribution is -0.178. The minimum absolute atomic E-state index is 0.00262. The van der Waals surface area contributed by atoms with Crippen molar-refractivity contribution in [3.63, 3.8) is 0 Å². The summed E-state index contributed by atoms with van der Waals surface area (Å²) in [5.41, 5.74) is -5.51.